The monoisotopic (exact) mass is 272 g/mol. The summed E-state index contributed by atoms with van der Waals surface area (Å²) >= 11 is 9.58. The van der Waals surface area contributed by atoms with Crippen LogP contribution in [0.1, 0.15) is 10.1 Å². The van der Waals surface area contributed by atoms with Crippen LogP contribution in [0.25, 0.3) is 0 Å². The molecule has 1 aliphatic rings. The molecule has 0 saturated carbocycles. The van der Waals surface area contributed by atoms with E-state index in [0.29, 0.717) is 10.4 Å². The summed E-state index contributed by atoms with van der Waals surface area (Å²) in [5.41, 5.74) is 7.82. The van der Waals surface area contributed by atoms with Crippen molar-refractivity contribution in [1.29, 1.82) is 0 Å². The van der Waals surface area contributed by atoms with Crippen LogP contribution in [0.3, 0.4) is 0 Å². The van der Waals surface area contributed by atoms with Gasteiger partial charge in [-0.15, -0.1) is 35.1 Å². The van der Waals surface area contributed by atoms with Gasteiger partial charge >= 0.3 is 0 Å². The third-order valence-electron chi connectivity index (χ3n) is 2.17. The van der Waals surface area contributed by atoms with E-state index in [0.717, 1.165) is 5.69 Å². The number of thioether (sulfide) groups is 2. The number of benzene rings is 1. The molecule has 0 unspecified atom stereocenters. The first-order chi connectivity index (χ1) is 7.79. The fraction of sp³-hybridized carbons (Fsp3) is 0.364. The summed E-state index contributed by atoms with van der Waals surface area (Å²) in [5, 5.41) is 0. The average molecular weight is 273 g/mol. The van der Waals surface area contributed by atoms with Gasteiger partial charge in [-0.2, -0.15) is 0 Å². The highest BCUT2D eigenvalue weighted by molar-refractivity contribution is 8.19. The minimum Gasteiger partial charge on any atom is -0.386 e. The molecule has 1 aromatic carbocycles. The maximum absolute atomic E-state index is 5.62. The Hall–Kier alpha value is -0.320. The summed E-state index contributed by atoms with van der Waals surface area (Å²) in [6.45, 7) is 0. The largest absolute Gasteiger partial charge is 0.386 e. The van der Waals surface area contributed by atoms with Crippen molar-refractivity contribution in [2.75, 3.05) is 17.4 Å². The van der Waals surface area contributed by atoms with E-state index in [9.17, 15) is 0 Å². The number of alkyl halides is 1. The van der Waals surface area contributed by atoms with E-state index in [1.807, 2.05) is 35.7 Å². The Morgan fingerprint density at radius 1 is 1.44 bits per heavy atom. The van der Waals surface area contributed by atoms with Crippen molar-refractivity contribution >= 4 is 46.6 Å². The lowest BCUT2D eigenvalue weighted by atomic mass is 10.2. The summed E-state index contributed by atoms with van der Waals surface area (Å²) in [6.07, 6.45) is 0. The van der Waals surface area contributed by atoms with E-state index < -0.39 is 0 Å². The van der Waals surface area contributed by atoms with Gasteiger partial charge in [-0.3, -0.25) is 0 Å². The van der Waals surface area contributed by atoms with Gasteiger partial charge in [0.15, 0.2) is 0 Å². The topological polar surface area (TPSA) is 38.4 Å². The number of rotatable bonds is 3. The molecule has 86 valence electrons. The number of nitrogens with zero attached hydrogens (tertiary/aromatic N) is 1. The fourth-order valence-electron chi connectivity index (χ4n) is 1.49. The minimum absolute atomic E-state index is 0.275. The molecule has 1 heterocycles. The van der Waals surface area contributed by atoms with Gasteiger partial charge in [0.1, 0.15) is 5.84 Å². The number of amidine groups is 1. The quantitative estimate of drug-likeness (QED) is 0.521. The van der Waals surface area contributed by atoms with Crippen LogP contribution < -0.4 is 5.73 Å². The maximum Gasteiger partial charge on any atom is 0.115 e. The molecule has 0 bridgehead atoms. The van der Waals surface area contributed by atoms with Gasteiger partial charge in [0.2, 0.25) is 0 Å². The molecule has 0 spiro atoms. The zero-order chi connectivity index (χ0) is 11.4. The summed E-state index contributed by atoms with van der Waals surface area (Å²) in [5.74, 6) is 3.20. The Bertz CT molecular complexity index is 389. The number of hydrogen-bond acceptors (Lipinski definition) is 3. The van der Waals surface area contributed by atoms with Crippen LogP contribution in [-0.4, -0.2) is 23.2 Å². The van der Waals surface area contributed by atoms with Crippen molar-refractivity contribution in [2.24, 2.45) is 10.7 Å². The van der Waals surface area contributed by atoms with E-state index in [4.69, 9.17) is 17.3 Å². The fourth-order valence-corrected chi connectivity index (χ4v) is 4.39. The lowest BCUT2D eigenvalue weighted by molar-refractivity contribution is 1.36. The molecule has 1 fully saturated rings. The van der Waals surface area contributed by atoms with Crippen LogP contribution in [0, 0.1) is 0 Å². The maximum atomic E-state index is 5.62. The highest BCUT2D eigenvalue weighted by Gasteiger charge is 2.18. The molecule has 1 aliphatic heterocycles. The molecule has 0 amide bonds. The van der Waals surface area contributed by atoms with E-state index in [2.05, 4.69) is 17.1 Å². The molecular weight excluding hydrogens is 260 g/mol. The van der Waals surface area contributed by atoms with Gasteiger partial charge in [-0.05, 0) is 17.7 Å². The predicted molar refractivity (Wildman–Crippen MR) is 76.1 cm³/mol. The Kier molecular flexibility index (Phi) is 4.44. The SMILES string of the molecule is NC(CCl)=Nc1cccc(C2SCCS2)c1. The van der Waals surface area contributed by atoms with Crippen molar-refractivity contribution < 1.29 is 0 Å². The smallest absolute Gasteiger partial charge is 0.115 e. The Balaban J connectivity index is 2.19. The zero-order valence-electron chi connectivity index (χ0n) is 8.73. The van der Waals surface area contributed by atoms with Crippen LogP contribution in [0.2, 0.25) is 0 Å². The highest BCUT2D eigenvalue weighted by atomic mass is 35.5. The second-order valence-electron chi connectivity index (χ2n) is 3.41. The molecule has 0 aliphatic carbocycles. The molecular formula is C11H13ClN2S2. The molecule has 1 aromatic rings. The summed E-state index contributed by atoms with van der Waals surface area (Å²) < 4.78 is 0.548. The number of nitrogens with two attached hydrogens (primary N) is 1. The van der Waals surface area contributed by atoms with E-state index in [-0.39, 0.29) is 5.88 Å². The molecule has 2 nitrogen and oxygen atoms in total. The molecule has 5 heteroatoms. The standard InChI is InChI=1S/C11H13ClN2S2/c12-7-10(13)14-9-3-1-2-8(6-9)11-15-4-5-16-11/h1-3,6,11H,4-5,7H2,(H2,13,14). The van der Waals surface area contributed by atoms with Crippen LogP contribution in [-0.2, 0) is 0 Å². The first-order valence-electron chi connectivity index (χ1n) is 5.02. The lowest BCUT2D eigenvalue weighted by Gasteiger charge is -2.08. The second-order valence-corrected chi connectivity index (χ2v) is 6.40. The van der Waals surface area contributed by atoms with Crippen molar-refractivity contribution in [1.82, 2.24) is 0 Å². The summed E-state index contributed by atoms with van der Waals surface area (Å²) in [4.78, 5) is 4.25. The van der Waals surface area contributed by atoms with Gasteiger partial charge in [-0.25, -0.2) is 4.99 Å². The first-order valence-corrected chi connectivity index (χ1v) is 7.65. The first kappa shape index (κ1) is 12.1. The number of aliphatic imine (C=N–C) groups is 1. The molecule has 2 rings (SSSR count). The second kappa shape index (κ2) is 5.84. The molecule has 0 atom stereocenters. The average Bonchev–Trinajstić information content (AvgIpc) is 2.83. The Morgan fingerprint density at radius 2 is 2.19 bits per heavy atom. The van der Waals surface area contributed by atoms with E-state index in [1.165, 1.54) is 17.1 Å². The normalized spacial score (nSPS) is 17.9. The van der Waals surface area contributed by atoms with E-state index >= 15 is 0 Å². The van der Waals surface area contributed by atoms with Crippen LogP contribution in [0.4, 0.5) is 5.69 Å². The third kappa shape index (κ3) is 3.09. The van der Waals surface area contributed by atoms with E-state index in [1.54, 1.807) is 0 Å². The van der Waals surface area contributed by atoms with Crippen molar-refractivity contribution in [3.8, 4) is 0 Å². The predicted octanol–water partition coefficient (Wildman–Crippen LogP) is 3.39. The molecule has 0 aromatic heterocycles. The van der Waals surface area contributed by atoms with Crippen LogP contribution >= 0.6 is 35.1 Å². The minimum atomic E-state index is 0.275. The number of hydrogen-bond donors (Lipinski definition) is 1. The lowest BCUT2D eigenvalue weighted by Crippen LogP contribution is -2.12. The van der Waals surface area contributed by atoms with Gasteiger partial charge in [0.05, 0.1) is 16.1 Å². The molecule has 1 saturated heterocycles. The molecule has 0 radical (unpaired) electrons. The third-order valence-corrected chi connectivity index (χ3v) is 5.55. The zero-order valence-corrected chi connectivity index (χ0v) is 11.1. The highest BCUT2D eigenvalue weighted by Crippen LogP contribution is 2.45. The van der Waals surface area contributed by atoms with Crippen LogP contribution in [0.15, 0.2) is 29.3 Å². The summed E-state index contributed by atoms with van der Waals surface area (Å²) in [7, 11) is 0. The Morgan fingerprint density at radius 3 is 2.88 bits per heavy atom. The Labute approximate surface area is 109 Å². The van der Waals surface area contributed by atoms with Crippen molar-refractivity contribution in [3.63, 3.8) is 0 Å². The van der Waals surface area contributed by atoms with Gasteiger partial charge in [0.25, 0.3) is 0 Å². The van der Waals surface area contributed by atoms with Gasteiger partial charge in [0, 0.05) is 11.5 Å². The van der Waals surface area contributed by atoms with Gasteiger partial charge in [-0.1, -0.05) is 12.1 Å². The van der Waals surface area contributed by atoms with Crippen molar-refractivity contribution in [3.05, 3.63) is 29.8 Å². The number of halogens is 1. The summed E-state index contributed by atoms with van der Waals surface area (Å²) in [6, 6.07) is 8.21. The molecule has 2 N–H and O–H groups in total. The molecule has 16 heavy (non-hydrogen) atoms. The van der Waals surface area contributed by atoms with Gasteiger partial charge < -0.3 is 5.73 Å². The van der Waals surface area contributed by atoms with Crippen molar-refractivity contribution in [2.45, 2.75) is 4.58 Å². The van der Waals surface area contributed by atoms with Crippen LogP contribution in [0.5, 0.6) is 0 Å².